The first-order chi connectivity index (χ1) is 13.3. The number of nitrogens with zero attached hydrogens (tertiary/aromatic N) is 1. The first-order valence-electron chi connectivity index (χ1n) is 9.29. The fraction of sp³-hybridized carbons (Fsp3) is 0.632. The van der Waals surface area contributed by atoms with E-state index in [1.54, 1.807) is 13.8 Å². The van der Waals surface area contributed by atoms with Crippen LogP contribution in [0.1, 0.15) is 19.4 Å². The predicted molar refractivity (Wildman–Crippen MR) is 93.8 cm³/mol. The van der Waals surface area contributed by atoms with Gasteiger partial charge in [0.25, 0.3) is 0 Å². The van der Waals surface area contributed by atoms with E-state index in [2.05, 4.69) is 0 Å². The number of fused-ring (bicyclic) bond motifs is 1. The molecular weight excluding hydrogens is 370 g/mol. The maximum absolute atomic E-state index is 12.6. The lowest BCUT2D eigenvalue weighted by atomic mass is 9.99. The van der Waals surface area contributed by atoms with Gasteiger partial charge in [-0.1, -0.05) is 30.3 Å². The summed E-state index contributed by atoms with van der Waals surface area (Å²) < 4.78 is 22.4. The number of hydrogen-bond donors (Lipinski definition) is 3. The Bertz CT molecular complexity index is 713. The normalized spacial score (nSPS) is 39.2. The number of hydrogen-bond acceptors (Lipinski definition) is 8. The van der Waals surface area contributed by atoms with Crippen molar-refractivity contribution in [1.29, 1.82) is 0 Å². The van der Waals surface area contributed by atoms with Crippen LogP contribution in [0.4, 0.5) is 4.79 Å². The fourth-order valence-corrected chi connectivity index (χ4v) is 4.01. The number of aliphatic hydroxyl groups is 3. The average Bonchev–Trinajstić information content (AvgIpc) is 3.23. The lowest BCUT2D eigenvalue weighted by Crippen LogP contribution is -2.53. The first kappa shape index (κ1) is 19.6. The Morgan fingerprint density at radius 1 is 1.14 bits per heavy atom. The van der Waals surface area contributed by atoms with Gasteiger partial charge in [0, 0.05) is 0 Å². The molecule has 0 spiro atoms. The minimum atomic E-state index is -1.30. The summed E-state index contributed by atoms with van der Waals surface area (Å²) in [6, 6.07) is 8.17. The van der Waals surface area contributed by atoms with E-state index < -0.39 is 54.7 Å². The summed E-state index contributed by atoms with van der Waals surface area (Å²) in [6.07, 6.45) is -6.86. The molecule has 1 aromatic carbocycles. The zero-order chi connectivity index (χ0) is 20.1. The van der Waals surface area contributed by atoms with Gasteiger partial charge in [-0.05, 0) is 19.4 Å². The largest absolute Gasteiger partial charge is 0.445 e. The Morgan fingerprint density at radius 2 is 1.86 bits per heavy atom. The highest BCUT2D eigenvalue weighted by Crippen LogP contribution is 2.40. The standard InChI is InChI=1S/C19H25NO8/c1-19(2)27-16-14(23)15(26-17(16)28-19)12-13(22)11(21)8-20(12)18(24)25-9-10-6-4-3-5-7-10/h3-7,11-17,21-23H,8-9H2,1-2H3/t11-,12+,13-,14+,15-,16-,17-/m1/s1. The number of carbonyl (C=O) groups is 1. The SMILES string of the molecule is CC1(C)O[C@H]2O[C@H]([C@@H]3[C@H](O)[C@H](O)CN3C(=O)OCc3ccccc3)[C@H](O)[C@H]2O1. The third-order valence-electron chi connectivity index (χ3n) is 5.32. The van der Waals surface area contributed by atoms with Crippen molar-refractivity contribution in [1.82, 2.24) is 4.90 Å². The van der Waals surface area contributed by atoms with Gasteiger partial charge < -0.3 is 34.3 Å². The number of rotatable bonds is 3. The van der Waals surface area contributed by atoms with Crippen LogP contribution in [0, 0.1) is 0 Å². The van der Waals surface area contributed by atoms with E-state index in [4.69, 9.17) is 18.9 Å². The third kappa shape index (κ3) is 3.49. The Labute approximate surface area is 162 Å². The summed E-state index contributed by atoms with van der Waals surface area (Å²) in [6.45, 7) is 3.33. The van der Waals surface area contributed by atoms with Crippen LogP contribution in [-0.4, -0.2) is 81.5 Å². The predicted octanol–water partition coefficient (Wildman–Crippen LogP) is -0.0335. The number of aliphatic hydroxyl groups excluding tert-OH is 3. The Balaban J connectivity index is 1.46. The molecule has 0 radical (unpaired) electrons. The highest BCUT2D eigenvalue weighted by molar-refractivity contribution is 5.69. The van der Waals surface area contributed by atoms with E-state index >= 15 is 0 Å². The number of amides is 1. The van der Waals surface area contributed by atoms with Gasteiger partial charge in [0.15, 0.2) is 12.1 Å². The summed E-state index contributed by atoms with van der Waals surface area (Å²) >= 11 is 0. The number of benzene rings is 1. The Morgan fingerprint density at radius 3 is 2.54 bits per heavy atom. The van der Waals surface area contributed by atoms with Crippen LogP contribution in [0.2, 0.25) is 0 Å². The van der Waals surface area contributed by atoms with Crippen molar-refractivity contribution in [3.8, 4) is 0 Å². The molecule has 0 unspecified atom stereocenters. The van der Waals surface area contributed by atoms with Gasteiger partial charge in [-0.25, -0.2) is 4.79 Å². The molecule has 7 atom stereocenters. The minimum Gasteiger partial charge on any atom is -0.445 e. The van der Waals surface area contributed by atoms with E-state index in [-0.39, 0.29) is 13.2 Å². The van der Waals surface area contributed by atoms with Crippen LogP contribution in [0.15, 0.2) is 30.3 Å². The van der Waals surface area contributed by atoms with Gasteiger partial charge in [-0.3, -0.25) is 4.90 Å². The second kappa shape index (κ2) is 7.25. The molecule has 0 aliphatic carbocycles. The average molecular weight is 395 g/mol. The molecule has 0 bridgehead atoms. The number of ether oxygens (including phenoxy) is 4. The van der Waals surface area contributed by atoms with Gasteiger partial charge in [0.05, 0.1) is 18.7 Å². The molecule has 3 aliphatic heterocycles. The van der Waals surface area contributed by atoms with Gasteiger partial charge in [0.2, 0.25) is 0 Å². The molecule has 3 heterocycles. The van der Waals surface area contributed by atoms with E-state index in [1.807, 2.05) is 30.3 Å². The molecule has 9 nitrogen and oxygen atoms in total. The van der Waals surface area contributed by atoms with Crippen molar-refractivity contribution in [2.45, 2.75) is 69.1 Å². The second-order valence-electron chi connectivity index (χ2n) is 7.80. The lowest BCUT2D eigenvalue weighted by Gasteiger charge is -2.32. The molecule has 0 saturated carbocycles. The summed E-state index contributed by atoms with van der Waals surface area (Å²) in [5, 5.41) is 31.2. The van der Waals surface area contributed by atoms with Crippen molar-refractivity contribution < 1.29 is 39.1 Å². The minimum absolute atomic E-state index is 0.0504. The maximum atomic E-state index is 12.6. The number of likely N-dealkylation sites (tertiary alicyclic amines) is 1. The molecule has 0 aromatic heterocycles. The Hall–Kier alpha value is -1.75. The summed E-state index contributed by atoms with van der Waals surface area (Å²) in [4.78, 5) is 13.8. The van der Waals surface area contributed by atoms with Gasteiger partial charge in [-0.2, -0.15) is 0 Å². The zero-order valence-corrected chi connectivity index (χ0v) is 15.7. The van der Waals surface area contributed by atoms with Crippen LogP contribution in [0.25, 0.3) is 0 Å². The quantitative estimate of drug-likeness (QED) is 0.653. The number of β-amino-alcohol motifs (C(OH)–C–C–N with tert-alkyl or cyclic N) is 1. The highest BCUT2D eigenvalue weighted by Gasteiger charge is 2.60. The van der Waals surface area contributed by atoms with Gasteiger partial charge in [-0.15, -0.1) is 0 Å². The van der Waals surface area contributed by atoms with Crippen molar-refractivity contribution in [3.05, 3.63) is 35.9 Å². The van der Waals surface area contributed by atoms with Crippen LogP contribution in [0.5, 0.6) is 0 Å². The summed E-state index contributed by atoms with van der Waals surface area (Å²) in [5.41, 5.74) is 0.809. The third-order valence-corrected chi connectivity index (χ3v) is 5.32. The molecule has 3 saturated heterocycles. The van der Waals surface area contributed by atoms with Gasteiger partial charge >= 0.3 is 6.09 Å². The molecule has 3 fully saturated rings. The van der Waals surface area contributed by atoms with E-state index in [0.717, 1.165) is 5.56 Å². The zero-order valence-electron chi connectivity index (χ0n) is 15.7. The summed E-state index contributed by atoms with van der Waals surface area (Å²) in [5.74, 6) is -0.899. The lowest BCUT2D eigenvalue weighted by molar-refractivity contribution is -0.223. The smallest absolute Gasteiger partial charge is 0.410 e. The fourth-order valence-electron chi connectivity index (χ4n) is 4.01. The molecule has 28 heavy (non-hydrogen) atoms. The molecule has 9 heteroatoms. The van der Waals surface area contributed by atoms with Crippen LogP contribution in [-0.2, 0) is 25.6 Å². The first-order valence-corrected chi connectivity index (χ1v) is 9.29. The summed E-state index contributed by atoms with van der Waals surface area (Å²) in [7, 11) is 0. The van der Waals surface area contributed by atoms with E-state index in [9.17, 15) is 20.1 Å². The molecule has 1 aromatic rings. The van der Waals surface area contributed by atoms with Crippen molar-refractivity contribution in [2.24, 2.45) is 0 Å². The van der Waals surface area contributed by atoms with Gasteiger partial charge in [0.1, 0.15) is 31.0 Å². The molecule has 3 aliphatic rings. The van der Waals surface area contributed by atoms with Crippen LogP contribution in [0.3, 0.4) is 0 Å². The maximum Gasteiger partial charge on any atom is 0.410 e. The second-order valence-corrected chi connectivity index (χ2v) is 7.80. The molecule has 154 valence electrons. The monoisotopic (exact) mass is 395 g/mol. The van der Waals surface area contributed by atoms with Crippen molar-refractivity contribution in [3.63, 3.8) is 0 Å². The molecule has 1 amide bonds. The van der Waals surface area contributed by atoms with Crippen molar-refractivity contribution in [2.75, 3.05) is 6.54 Å². The topological polar surface area (TPSA) is 118 Å². The highest BCUT2D eigenvalue weighted by atomic mass is 16.8. The molecular formula is C19H25NO8. The van der Waals surface area contributed by atoms with Crippen molar-refractivity contribution >= 4 is 6.09 Å². The molecule has 3 N–H and O–H groups in total. The van der Waals surface area contributed by atoms with Crippen LogP contribution < -0.4 is 0 Å². The van der Waals surface area contributed by atoms with E-state index in [0.29, 0.717) is 0 Å². The number of carbonyl (C=O) groups excluding carboxylic acids is 1. The Kier molecular flexibility index (Phi) is 5.07. The molecule has 4 rings (SSSR count). The van der Waals surface area contributed by atoms with E-state index in [1.165, 1.54) is 4.90 Å². The van der Waals surface area contributed by atoms with Crippen LogP contribution >= 0.6 is 0 Å².